The minimum atomic E-state index is -0.492. The van der Waals surface area contributed by atoms with Crippen LogP contribution in [0.3, 0.4) is 0 Å². The summed E-state index contributed by atoms with van der Waals surface area (Å²) >= 11 is 0. The molecule has 0 spiro atoms. The lowest BCUT2D eigenvalue weighted by molar-refractivity contribution is -0.145. The Morgan fingerprint density at radius 3 is 2.69 bits per heavy atom. The highest BCUT2D eigenvalue weighted by molar-refractivity contribution is 5.98. The number of Topliss-reactive ketones (excluding diaryl/α,β-unsaturated/α-hetero) is 1. The van der Waals surface area contributed by atoms with Gasteiger partial charge in [-0.15, -0.1) is 0 Å². The average Bonchev–Trinajstić information content (AvgIpc) is 2.51. The molecule has 0 radical (unpaired) electrons. The lowest BCUT2D eigenvalue weighted by Crippen LogP contribution is -2.22. The number of ketones is 1. The standard InChI is InChI=1S/C9H14O4/c1-6-3-8(13-5-6)7(10)4-9(11)12-2/h6,8H,3-5H2,1-2H3/t6-,8-/m1/s1. The van der Waals surface area contributed by atoms with E-state index in [9.17, 15) is 9.59 Å². The highest BCUT2D eigenvalue weighted by Crippen LogP contribution is 2.20. The molecule has 0 aliphatic carbocycles. The quantitative estimate of drug-likeness (QED) is 0.477. The van der Waals surface area contributed by atoms with Gasteiger partial charge in [-0.1, -0.05) is 6.92 Å². The minimum absolute atomic E-state index is 0.170. The van der Waals surface area contributed by atoms with Crippen molar-refractivity contribution in [3.63, 3.8) is 0 Å². The molecule has 0 bridgehead atoms. The Balaban J connectivity index is 2.36. The first-order chi connectivity index (χ1) is 6.13. The second-order valence-electron chi connectivity index (χ2n) is 3.38. The van der Waals surface area contributed by atoms with Crippen molar-refractivity contribution in [2.24, 2.45) is 5.92 Å². The van der Waals surface area contributed by atoms with Crippen molar-refractivity contribution in [1.29, 1.82) is 0 Å². The van der Waals surface area contributed by atoms with Gasteiger partial charge in [0, 0.05) is 0 Å². The summed E-state index contributed by atoms with van der Waals surface area (Å²) in [5, 5.41) is 0. The van der Waals surface area contributed by atoms with Crippen LogP contribution in [0.1, 0.15) is 19.8 Å². The van der Waals surface area contributed by atoms with E-state index in [1.165, 1.54) is 7.11 Å². The zero-order chi connectivity index (χ0) is 9.84. The normalized spacial score (nSPS) is 27.2. The van der Waals surface area contributed by atoms with Gasteiger partial charge in [-0.3, -0.25) is 9.59 Å². The van der Waals surface area contributed by atoms with Crippen LogP contribution in [-0.2, 0) is 19.1 Å². The van der Waals surface area contributed by atoms with Crippen LogP contribution in [0.2, 0.25) is 0 Å². The highest BCUT2D eigenvalue weighted by Gasteiger charge is 2.29. The van der Waals surface area contributed by atoms with E-state index in [0.717, 1.165) is 6.42 Å². The van der Waals surface area contributed by atoms with Crippen LogP contribution in [0.5, 0.6) is 0 Å². The van der Waals surface area contributed by atoms with Crippen molar-refractivity contribution in [1.82, 2.24) is 0 Å². The van der Waals surface area contributed by atoms with Crippen molar-refractivity contribution in [2.45, 2.75) is 25.9 Å². The highest BCUT2D eigenvalue weighted by atomic mass is 16.5. The smallest absolute Gasteiger partial charge is 0.313 e. The van der Waals surface area contributed by atoms with Gasteiger partial charge >= 0.3 is 5.97 Å². The lowest BCUT2D eigenvalue weighted by atomic mass is 10.0. The van der Waals surface area contributed by atoms with Crippen LogP contribution in [0.25, 0.3) is 0 Å². The van der Waals surface area contributed by atoms with Gasteiger partial charge in [0.05, 0.1) is 13.7 Å². The summed E-state index contributed by atoms with van der Waals surface area (Å²) < 4.78 is 9.61. The predicted molar refractivity (Wildman–Crippen MR) is 45.2 cm³/mol. The molecule has 4 heteroatoms. The van der Waals surface area contributed by atoms with E-state index in [1.54, 1.807) is 0 Å². The first-order valence-electron chi connectivity index (χ1n) is 4.34. The molecule has 4 nitrogen and oxygen atoms in total. The van der Waals surface area contributed by atoms with E-state index in [-0.39, 0.29) is 12.2 Å². The number of hydrogen-bond donors (Lipinski definition) is 0. The Labute approximate surface area is 77.2 Å². The van der Waals surface area contributed by atoms with Crippen molar-refractivity contribution in [2.75, 3.05) is 13.7 Å². The topological polar surface area (TPSA) is 52.6 Å². The van der Waals surface area contributed by atoms with Gasteiger partial charge < -0.3 is 9.47 Å². The number of carbonyl (C=O) groups is 2. The molecule has 1 aliphatic heterocycles. The van der Waals surface area contributed by atoms with Crippen molar-refractivity contribution in [3.05, 3.63) is 0 Å². The zero-order valence-electron chi connectivity index (χ0n) is 7.91. The van der Waals surface area contributed by atoms with Gasteiger partial charge in [0.25, 0.3) is 0 Å². The average molecular weight is 186 g/mol. The molecule has 1 aliphatic rings. The van der Waals surface area contributed by atoms with Crippen LogP contribution in [-0.4, -0.2) is 31.6 Å². The Hall–Kier alpha value is -0.900. The molecule has 1 rings (SSSR count). The maximum absolute atomic E-state index is 11.3. The first kappa shape index (κ1) is 10.2. The largest absolute Gasteiger partial charge is 0.469 e. The van der Waals surface area contributed by atoms with Gasteiger partial charge in [0.1, 0.15) is 12.5 Å². The molecule has 0 N–H and O–H groups in total. The van der Waals surface area contributed by atoms with Gasteiger partial charge in [-0.25, -0.2) is 0 Å². The molecule has 2 atom stereocenters. The Kier molecular flexibility index (Phi) is 3.42. The molecule has 0 aromatic carbocycles. The monoisotopic (exact) mass is 186 g/mol. The molecule has 13 heavy (non-hydrogen) atoms. The molecule has 0 aromatic rings. The number of hydrogen-bond acceptors (Lipinski definition) is 4. The van der Waals surface area contributed by atoms with E-state index < -0.39 is 12.1 Å². The van der Waals surface area contributed by atoms with Gasteiger partial charge in [0.15, 0.2) is 5.78 Å². The molecule has 0 amide bonds. The molecule has 0 saturated carbocycles. The van der Waals surface area contributed by atoms with E-state index >= 15 is 0 Å². The number of carbonyl (C=O) groups excluding carboxylic acids is 2. The molecule has 1 fully saturated rings. The Morgan fingerprint density at radius 2 is 2.23 bits per heavy atom. The van der Waals surface area contributed by atoms with E-state index in [4.69, 9.17) is 4.74 Å². The number of rotatable bonds is 3. The summed E-state index contributed by atoms with van der Waals surface area (Å²) in [5.41, 5.74) is 0. The second kappa shape index (κ2) is 4.37. The predicted octanol–water partition coefficient (Wildman–Crippen LogP) is 0.544. The fourth-order valence-electron chi connectivity index (χ4n) is 1.33. The molecule has 1 saturated heterocycles. The summed E-state index contributed by atoms with van der Waals surface area (Å²) in [6, 6.07) is 0. The third kappa shape index (κ3) is 2.81. The van der Waals surface area contributed by atoms with Crippen LogP contribution < -0.4 is 0 Å². The third-order valence-electron chi connectivity index (χ3n) is 2.10. The molecule has 0 unspecified atom stereocenters. The fraction of sp³-hybridized carbons (Fsp3) is 0.778. The Bertz CT molecular complexity index is 212. The van der Waals surface area contributed by atoms with Crippen molar-refractivity contribution < 1.29 is 19.1 Å². The van der Waals surface area contributed by atoms with E-state index in [0.29, 0.717) is 12.5 Å². The number of ether oxygens (including phenoxy) is 2. The van der Waals surface area contributed by atoms with Crippen LogP contribution in [0.15, 0.2) is 0 Å². The summed E-state index contributed by atoms with van der Waals surface area (Å²) in [4.78, 5) is 22.1. The fourth-order valence-corrected chi connectivity index (χ4v) is 1.33. The lowest BCUT2D eigenvalue weighted by Gasteiger charge is -2.06. The second-order valence-corrected chi connectivity index (χ2v) is 3.38. The van der Waals surface area contributed by atoms with Crippen LogP contribution in [0.4, 0.5) is 0 Å². The summed E-state index contributed by atoms with van der Waals surface area (Å²) in [6.45, 7) is 2.63. The van der Waals surface area contributed by atoms with Gasteiger partial charge in [-0.2, -0.15) is 0 Å². The van der Waals surface area contributed by atoms with Gasteiger partial charge in [-0.05, 0) is 12.3 Å². The molecule has 74 valence electrons. The van der Waals surface area contributed by atoms with Crippen molar-refractivity contribution >= 4 is 11.8 Å². The van der Waals surface area contributed by atoms with Gasteiger partial charge in [0.2, 0.25) is 0 Å². The minimum Gasteiger partial charge on any atom is -0.469 e. The number of methoxy groups -OCH3 is 1. The first-order valence-corrected chi connectivity index (χ1v) is 4.34. The molecular formula is C9H14O4. The van der Waals surface area contributed by atoms with E-state index in [2.05, 4.69) is 4.74 Å². The Morgan fingerprint density at radius 1 is 1.54 bits per heavy atom. The zero-order valence-corrected chi connectivity index (χ0v) is 7.91. The maximum Gasteiger partial charge on any atom is 0.313 e. The van der Waals surface area contributed by atoms with Crippen LogP contribution in [0, 0.1) is 5.92 Å². The maximum atomic E-state index is 11.3. The third-order valence-corrected chi connectivity index (χ3v) is 2.10. The molecular weight excluding hydrogens is 172 g/mol. The SMILES string of the molecule is COC(=O)CC(=O)[C@H]1C[C@@H](C)CO1. The summed E-state index contributed by atoms with van der Waals surface area (Å²) in [7, 11) is 1.27. The molecule has 1 heterocycles. The number of esters is 1. The summed E-state index contributed by atoms with van der Waals surface area (Å²) in [5.74, 6) is -0.254. The summed E-state index contributed by atoms with van der Waals surface area (Å²) in [6.07, 6.45) is 0.151. The van der Waals surface area contributed by atoms with Crippen molar-refractivity contribution in [3.8, 4) is 0 Å². The van der Waals surface area contributed by atoms with Crippen LogP contribution >= 0.6 is 0 Å². The van der Waals surface area contributed by atoms with E-state index in [1.807, 2.05) is 6.92 Å². The molecule has 0 aromatic heterocycles.